The summed E-state index contributed by atoms with van der Waals surface area (Å²) in [5.41, 5.74) is 3.66. The van der Waals surface area contributed by atoms with Gasteiger partial charge in [-0.3, -0.25) is 0 Å². The Balaban J connectivity index is 0.00000121. The molecule has 1 aliphatic rings. The van der Waals surface area contributed by atoms with E-state index in [1.807, 2.05) is 12.3 Å². The fraction of sp³-hybridized carbons (Fsp3) is 0.188. The van der Waals surface area contributed by atoms with E-state index in [1.165, 1.54) is 26.2 Å². The van der Waals surface area contributed by atoms with E-state index in [9.17, 15) is 0 Å². The molecule has 0 saturated carbocycles. The zero-order valence-corrected chi connectivity index (χ0v) is 16.8. The first-order valence-corrected chi connectivity index (χ1v) is 11.3. The van der Waals surface area contributed by atoms with Crippen LogP contribution in [0.25, 0.3) is 16.5 Å². The average Bonchev–Trinajstić information content (AvgIpc) is 2.80. The Bertz CT molecular complexity index is 750. The maximum Gasteiger partial charge on any atom is -1.00 e. The van der Waals surface area contributed by atoms with Crippen LogP contribution in [0.4, 0.5) is 0 Å². The number of rotatable bonds is 2. The Morgan fingerprint density at radius 2 is 1.91 bits per heavy atom. The molecule has 1 heterocycles. The molecular formula is C16H15Cl3CrNSi. The maximum atomic E-state index is 6.59. The minimum Gasteiger partial charge on any atom is -1.00 e. The smallest absolute Gasteiger partial charge is 1.00 e. The third-order valence-electron chi connectivity index (χ3n) is 3.62. The largest absolute Gasteiger partial charge is 1.00 e. The SMILES string of the molecule is C[Si](C)(Cl)C1=CCC(c2ccc3ncccc3c2)=[C]1[Cr+2].[Cl-].[Cl-]. The number of halogens is 3. The molecule has 0 N–H and O–H groups in total. The second-order valence-corrected chi connectivity index (χ2v) is 12.5. The van der Waals surface area contributed by atoms with Gasteiger partial charge in [-0.05, 0) is 0 Å². The summed E-state index contributed by atoms with van der Waals surface area (Å²) in [7, 11) is -1.78. The van der Waals surface area contributed by atoms with Crippen molar-refractivity contribution < 1.29 is 41.1 Å². The third kappa shape index (κ3) is 3.79. The normalized spacial score (nSPS) is 14.4. The summed E-state index contributed by atoms with van der Waals surface area (Å²) in [6.45, 7) is 4.34. The molecule has 0 aliphatic heterocycles. The number of fused-ring (bicyclic) bond motifs is 1. The van der Waals surface area contributed by atoms with Crippen LogP contribution in [0.2, 0.25) is 13.1 Å². The monoisotopic (exact) mass is 406 g/mol. The van der Waals surface area contributed by atoms with Crippen LogP contribution in [0.15, 0.2) is 52.2 Å². The first-order valence-electron chi connectivity index (χ1n) is 6.62. The van der Waals surface area contributed by atoms with Crippen molar-refractivity contribution in [2.24, 2.45) is 0 Å². The molecule has 0 saturated heterocycles. The van der Waals surface area contributed by atoms with Gasteiger partial charge in [0.1, 0.15) is 0 Å². The van der Waals surface area contributed by atoms with Crippen LogP contribution < -0.4 is 24.8 Å². The standard InChI is InChI=1S/C16H15ClNSi.2ClH.Cr/c1-19(2,17)15-7-5-13(11-15)12-6-8-16-14(10-12)4-3-9-18-16;;;/h3-4,6-10H,5H2,1-2H3;2*1H;/q;;;+2/p-2. The Hall–Kier alpha value is -0.271. The fourth-order valence-corrected chi connectivity index (χ4v) is 6.29. The number of allylic oxidation sites excluding steroid dienone is 4. The van der Waals surface area contributed by atoms with Crippen LogP contribution in [0.5, 0.6) is 0 Å². The summed E-state index contributed by atoms with van der Waals surface area (Å²) in [6, 6.07) is 10.5. The molecule has 1 nitrogen and oxygen atoms in total. The number of pyridine rings is 1. The third-order valence-corrected chi connectivity index (χ3v) is 6.99. The van der Waals surface area contributed by atoms with Crippen molar-refractivity contribution >= 4 is 34.9 Å². The van der Waals surface area contributed by atoms with Gasteiger partial charge in [0.2, 0.25) is 0 Å². The number of aromatic nitrogens is 1. The van der Waals surface area contributed by atoms with Gasteiger partial charge in [-0.25, -0.2) is 0 Å². The van der Waals surface area contributed by atoms with Gasteiger partial charge in [-0.15, -0.1) is 0 Å². The molecule has 0 amide bonds. The number of nitrogens with zero attached hydrogens (tertiary/aromatic N) is 1. The van der Waals surface area contributed by atoms with Crippen molar-refractivity contribution in [3.8, 4) is 0 Å². The molecule has 0 unspecified atom stereocenters. The second kappa shape index (κ2) is 7.53. The van der Waals surface area contributed by atoms with Gasteiger partial charge in [0.05, 0.1) is 0 Å². The van der Waals surface area contributed by atoms with Crippen LogP contribution in [0.3, 0.4) is 0 Å². The van der Waals surface area contributed by atoms with Gasteiger partial charge in [-0.1, -0.05) is 0 Å². The van der Waals surface area contributed by atoms with E-state index in [0.717, 1.165) is 11.9 Å². The molecule has 0 bridgehead atoms. The summed E-state index contributed by atoms with van der Waals surface area (Å²) in [5.74, 6) is 0. The summed E-state index contributed by atoms with van der Waals surface area (Å²) in [5, 5.41) is 2.52. The predicted octanol–water partition coefficient (Wildman–Crippen LogP) is -1.19. The van der Waals surface area contributed by atoms with Crippen molar-refractivity contribution in [3.63, 3.8) is 0 Å². The fourth-order valence-electron chi connectivity index (χ4n) is 2.58. The van der Waals surface area contributed by atoms with Crippen molar-refractivity contribution in [2.45, 2.75) is 19.5 Å². The Kier molecular flexibility index (Phi) is 6.77. The summed E-state index contributed by atoms with van der Waals surface area (Å²) >= 11 is 9.83. The van der Waals surface area contributed by atoms with E-state index in [2.05, 4.69) is 64.7 Å². The molecule has 1 aliphatic carbocycles. The first-order chi connectivity index (χ1) is 9.47. The molecule has 1 aromatic carbocycles. The molecule has 3 rings (SSSR count). The van der Waals surface area contributed by atoms with Gasteiger partial charge in [0, 0.05) is 0 Å². The van der Waals surface area contributed by atoms with Crippen LogP contribution in [-0.2, 0) is 16.3 Å². The zero-order valence-electron chi connectivity index (χ0n) is 12.2. The predicted molar refractivity (Wildman–Crippen MR) is 84.7 cm³/mol. The molecule has 115 valence electrons. The average molecular weight is 408 g/mol. The van der Waals surface area contributed by atoms with Gasteiger partial charge in [0.25, 0.3) is 0 Å². The molecule has 0 radical (unpaired) electrons. The van der Waals surface area contributed by atoms with E-state index < -0.39 is 7.38 Å². The summed E-state index contributed by atoms with van der Waals surface area (Å²) in [6.07, 6.45) is 5.08. The Labute approximate surface area is 157 Å². The maximum absolute atomic E-state index is 6.59. The van der Waals surface area contributed by atoms with Crippen LogP contribution in [0.1, 0.15) is 12.0 Å². The van der Waals surface area contributed by atoms with Crippen LogP contribution >= 0.6 is 11.1 Å². The van der Waals surface area contributed by atoms with E-state index in [4.69, 9.17) is 11.1 Å². The molecule has 22 heavy (non-hydrogen) atoms. The van der Waals surface area contributed by atoms with Crippen LogP contribution in [-0.4, -0.2) is 12.4 Å². The summed E-state index contributed by atoms with van der Waals surface area (Å²) in [4.78, 5) is 4.37. The number of hydrogen-bond acceptors (Lipinski definition) is 1. The molecule has 6 heteroatoms. The Morgan fingerprint density at radius 1 is 1.18 bits per heavy atom. The topological polar surface area (TPSA) is 12.9 Å². The van der Waals surface area contributed by atoms with Gasteiger partial charge in [0.15, 0.2) is 0 Å². The van der Waals surface area contributed by atoms with Crippen molar-refractivity contribution in [1.29, 1.82) is 0 Å². The van der Waals surface area contributed by atoms with E-state index in [0.29, 0.717) is 0 Å². The quantitative estimate of drug-likeness (QED) is 0.451. The molecule has 1 aromatic heterocycles. The minimum atomic E-state index is -1.78. The molecular weight excluding hydrogens is 393 g/mol. The van der Waals surface area contributed by atoms with E-state index in [1.54, 1.807) is 0 Å². The zero-order chi connectivity index (χ0) is 14.3. The number of hydrogen-bond donors (Lipinski definition) is 0. The molecule has 2 aromatic rings. The second-order valence-electron chi connectivity index (χ2n) is 5.51. The van der Waals surface area contributed by atoms with Crippen LogP contribution in [0, 0.1) is 0 Å². The summed E-state index contributed by atoms with van der Waals surface area (Å²) < 4.78 is 1.25. The minimum absolute atomic E-state index is 0. The molecule has 0 atom stereocenters. The van der Waals surface area contributed by atoms with Gasteiger partial charge < -0.3 is 24.8 Å². The van der Waals surface area contributed by atoms with Crippen molar-refractivity contribution in [1.82, 2.24) is 4.98 Å². The Morgan fingerprint density at radius 3 is 2.55 bits per heavy atom. The van der Waals surface area contributed by atoms with Gasteiger partial charge >= 0.3 is 134 Å². The molecule has 0 fully saturated rings. The first kappa shape index (κ1) is 19.8. The van der Waals surface area contributed by atoms with E-state index in [-0.39, 0.29) is 24.8 Å². The van der Waals surface area contributed by atoms with Gasteiger partial charge in [-0.2, -0.15) is 0 Å². The van der Waals surface area contributed by atoms with E-state index >= 15 is 0 Å². The molecule has 0 spiro atoms. The van der Waals surface area contributed by atoms with Crippen molar-refractivity contribution in [2.75, 3.05) is 0 Å². The number of benzene rings is 1. The van der Waals surface area contributed by atoms with Crippen molar-refractivity contribution in [3.05, 3.63) is 57.8 Å².